The van der Waals surface area contributed by atoms with Crippen molar-refractivity contribution in [2.24, 2.45) is 11.8 Å². The number of hydrogen-bond acceptors (Lipinski definition) is 3. The summed E-state index contributed by atoms with van der Waals surface area (Å²) in [7, 11) is 0. The van der Waals surface area contributed by atoms with Crippen molar-refractivity contribution in [1.29, 1.82) is 0 Å². The summed E-state index contributed by atoms with van der Waals surface area (Å²) in [6.45, 7) is 10.8. The van der Waals surface area contributed by atoms with Crippen molar-refractivity contribution in [3.8, 4) is 0 Å². The summed E-state index contributed by atoms with van der Waals surface area (Å²) in [5.74, 6) is 1.13. The lowest BCUT2D eigenvalue weighted by atomic mass is 9.85. The minimum atomic E-state index is -0.0412. The molecule has 1 saturated carbocycles. The highest BCUT2D eigenvalue weighted by Gasteiger charge is 2.41. The second kappa shape index (κ2) is 8.23. The summed E-state index contributed by atoms with van der Waals surface area (Å²) in [6.07, 6.45) is 6.06. The van der Waals surface area contributed by atoms with E-state index in [0.29, 0.717) is 17.9 Å². The van der Waals surface area contributed by atoms with Crippen LogP contribution >= 0.6 is 0 Å². The van der Waals surface area contributed by atoms with Crippen LogP contribution in [0.4, 0.5) is 0 Å². The van der Waals surface area contributed by atoms with Gasteiger partial charge in [0.05, 0.1) is 12.7 Å². The van der Waals surface area contributed by atoms with E-state index < -0.39 is 0 Å². The van der Waals surface area contributed by atoms with Crippen molar-refractivity contribution in [3.63, 3.8) is 0 Å². The van der Waals surface area contributed by atoms with Crippen molar-refractivity contribution >= 4 is 0 Å². The highest BCUT2D eigenvalue weighted by Crippen LogP contribution is 2.37. The van der Waals surface area contributed by atoms with E-state index in [2.05, 4.69) is 33.0 Å². The van der Waals surface area contributed by atoms with Crippen molar-refractivity contribution < 1.29 is 9.84 Å². The van der Waals surface area contributed by atoms with Gasteiger partial charge in [-0.2, -0.15) is 0 Å². The lowest BCUT2D eigenvalue weighted by Crippen LogP contribution is -2.52. The van der Waals surface area contributed by atoms with Gasteiger partial charge < -0.3 is 15.2 Å². The van der Waals surface area contributed by atoms with Gasteiger partial charge in [0.15, 0.2) is 0 Å². The second-order valence-corrected chi connectivity index (χ2v) is 6.44. The van der Waals surface area contributed by atoms with Crippen molar-refractivity contribution in [2.45, 2.75) is 71.4 Å². The van der Waals surface area contributed by atoms with E-state index in [1.54, 1.807) is 0 Å². The molecule has 0 aromatic heterocycles. The van der Waals surface area contributed by atoms with Crippen LogP contribution in [0.15, 0.2) is 0 Å². The number of ether oxygens (including phenoxy) is 1. The van der Waals surface area contributed by atoms with Crippen molar-refractivity contribution in [1.82, 2.24) is 5.32 Å². The maximum Gasteiger partial charge on any atom is 0.0616 e. The Balaban J connectivity index is 2.42. The first-order valence-corrected chi connectivity index (χ1v) is 8.03. The van der Waals surface area contributed by atoms with Crippen LogP contribution in [0, 0.1) is 11.8 Å². The minimum absolute atomic E-state index is 0.0412. The van der Waals surface area contributed by atoms with Crippen LogP contribution in [0.3, 0.4) is 0 Å². The molecule has 0 spiro atoms. The van der Waals surface area contributed by atoms with Crippen LogP contribution in [0.5, 0.6) is 0 Å². The second-order valence-electron chi connectivity index (χ2n) is 6.44. The molecule has 2 N–H and O–H groups in total. The lowest BCUT2D eigenvalue weighted by molar-refractivity contribution is 0.0173. The van der Waals surface area contributed by atoms with Gasteiger partial charge in [-0.05, 0) is 51.0 Å². The van der Waals surface area contributed by atoms with Crippen LogP contribution in [-0.2, 0) is 4.74 Å². The molecule has 1 aliphatic rings. The Bertz CT molecular complexity index is 245. The number of hydrogen-bond donors (Lipinski definition) is 2. The molecule has 0 heterocycles. The molecule has 1 rings (SSSR count). The smallest absolute Gasteiger partial charge is 0.0616 e. The molecule has 3 unspecified atom stereocenters. The Morgan fingerprint density at radius 3 is 2.68 bits per heavy atom. The molecule has 0 radical (unpaired) electrons. The monoisotopic (exact) mass is 271 g/mol. The van der Waals surface area contributed by atoms with E-state index in [1.807, 2.05) is 0 Å². The molecule has 3 nitrogen and oxygen atoms in total. The average Bonchev–Trinajstić information content (AvgIpc) is 2.79. The zero-order valence-electron chi connectivity index (χ0n) is 13.2. The van der Waals surface area contributed by atoms with Gasteiger partial charge in [0, 0.05) is 12.1 Å². The molecule has 0 bridgehead atoms. The maximum absolute atomic E-state index is 9.81. The first-order chi connectivity index (χ1) is 9.05. The molecule has 3 atom stereocenters. The highest BCUT2D eigenvalue weighted by atomic mass is 16.5. The number of nitrogens with one attached hydrogen (secondary N) is 1. The molecule has 114 valence electrons. The normalized spacial score (nSPS) is 29.1. The number of rotatable bonds is 9. The fourth-order valence-corrected chi connectivity index (χ4v) is 3.02. The predicted octanol–water partition coefficient (Wildman–Crippen LogP) is 2.97. The zero-order chi connectivity index (χ0) is 14.3. The molecule has 0 aromatic carbocycles. The zero-order valence-corrected chi connectivity index (χ0v) is 13.2. The van der Waals surface area contributed by atoms with Gasteiger partial charge >= 0.3 is 0 Å². The van der Waals surface area contributed by atoms with E-state index >= 15 is 0 Å². The molecule has 0 saturated heterocycles. The van der Waals surface area contributed by atoms with Gasteiger partial charge in [-0.15, -0.1) is 0 Å². The van der Waals surface area contributed by atoms with E-state index in [9.17, 15) is 5.11 Å². The van der Waals surface area contributed by atoms with Crippen LogP contribution in [0.1, 0.15) is 59.8 Å². The SMILES string of the molecule is CCCNC1(CO)CCCC1CCOC(C)C(C)C. The third-order valence-electron chi connectivity index (χ3n) is 4.75. The quantitative estimate of drug-likeness (QED) is 0.677. The summed E-state index contributed by atoms with van der Waals surface area (Å²) in [6, 6.07) is 0. The highest BCUT2D eigenvalue weighted by molar-refractivity contribution is 4.98. The van der Waals surface area contributed by atoms with E-state index in [-0.39, 0.29) is 12.1 Å². The fraction of sp³-hybridized carbons (Fsp3) is 1.00. The molecule has 19 heavy (non-hydrogen) atoms. The molecule has 1 aliphatic carbocycles. The number of aliphatic hydroxyl groups excluding tert-OH is 1. The van der Waals surface area contributed by atoms with Gasteiger partial charge in [0.1, 0.15) is 0 Å². The molecule has 3 heteroatoms. The Morgan fingerprint density at radius 2 is 2.11 bits per heavy atom. The Morgan fingerprint density at radius 1 is 1.37 bits per heavy atom. The van der Waals surface area contributed by atoms with Gasteiger partial charge in [0.25, 0.3) is 0 Å². The van der Waals surface area contributed by atoms with Gasteiger partial charge in [0.2, 0.25) is 0 Å². The van der Waals surface area contributed by atoms with Crippen molar-refractivity contribution in [2.75, 3.05) is 19.8 Å². The molecule has 0 aromatic rings. The summed E-state index contributed by atoms with van der Waals surface area (Å²) < 4.78 is 5.90. The van der Waals surface area contributed by atoms with Crippen LogP contribution in [-0.4, -0.2) is 36.5 Å². The largest absolute Gasteiger partial charge is 0.394 e. The van der Waals surface area contributed by atoms with E-state index in [4.69, 9.17) is 4.74 Å². The summed E-state index contributed by atoms with van der Waals surface area (Å²) >= 11 is 0. The minimum Gasteiger partial charge on any atom is -0.394 e. The third kappa shape index (κ3) is 4.73. The lowest BCUT2D eigenvalue weighted by Gasteiger charge is -2.35. The molecular formula is C16H33NO2. The van der Waals surface area contributed by atoms with E-state index in [1.165, 1.54) is 12.8 Å². The standard InChI is InChI=1S/C16H33NO2/c1-5-10-17-16(12-18)9-6-7-15(16)8-11-19-14(4)13(2)3/h13-15,17-18H,5-12H2,1-4H3. The fourth-order valence-electron chi connectivity index (χ4n) is 3.02. The summed E-state index contributed by atoms with van der Waals surface area (Å²) in [5, 5.41) is 13.4. The summed E-state index contributed by atoms with van der Waals surface area (Å²) in [5.41, 5.74) is -0.0412. The Hall–Kier alpha value is -0.120. The first-order valence-electron chi connectivity index (χ1n) is 8.03. The molecule has 0 aliphatic heterocycles. The van der Waals surface area contributed by atoms with E-state index in [0.717, 1.165) is 32.4 Å². The van der Waals surface area contributed by atoms with Crippen LogP contribution in [0.2, 0.25) is 0 Å². The maximum atomic E-state index is 9.81. The molecular weight excluding hydrogens is 238 g/mol. The molecule has 0 amide bonds. The Labute approximate surface area is 119 Å². The number of aliphatic hydroxyl groups is 1. The van der Waals surface area contributed by atoms with Crippen LogP contribution < -0.4 is 5.32 Å². The van der Waals surface area contributed by atoms with Crippen molar-refractivity contribution in [3.05, 3.63) is 0 Å². The van der Waals surface area contributed by atoms with Gasteiger partial charge in [-0.1, -0.05) is 27.2 Å². The Kier molecular flexibility index (Phi) is 7.33. The summed E-state index contributed by atoms with van der Waals surface area (Å²) in [4.78, 5) is 0. The predicted molar refractivity (Wildman–Crippen MR) is 80.3 cm³/mol. The average molecular weight is 271 g/mol. The molecule has 1 fully saturated rings. The van der Waals surface area contributed by atoms with Gasteiger partial charge in [-0.25, -0.2) is 0 Å². The topological polar surface area (TPSA) is 41.5 Å². The third-order valence-corrected chi connectivity index (χ3v) is 4.75. The van der Waals surface area contributed by atoms with Gasteiger partial charge in [-0.3, -0.25) is 0 Å². The first kappa shape index (κ1) is 16.9. The van der Waals surface area contributed by atoms with Crippen LogP contribution in [0.25, 0.3) is 0 Å².